The molecule has 0 unspecified atom stereocenters. The lowest BCUT2D eigenvalue weighted by molar-refractivity contribution is 0.0699. The molecule has 0 fully saturated rings. The van der Waals surface area contributed by atoms with Crippen molar-refractivity contribution in [3.63, 3.8) is 0 Å². The minimum Gasteiger partial charge on any atom is -0.487 e. The second-order valence-electron chi connectivity index (χ2n) is 5.48. The van der Waals surface area contributed by atoms with Crippen LogP contribution in [-0.4, -0.2) is 15.6 Å². The number of aromatic carboxylic acids is 1. The van der Waals surface area contributed by atoms with E-state index < -0.39 is 5.97 Å². The SMILES string of the molecule is CCn1c(COc2ccccc2C)cc2c(C(=O)O)cccc21. The molecule has 1 heterocycles. The summed E-state index contributed by atoms with van der Waals surface area (Å²) < 4.78 is 8.02. The minimum atomic E-state index is -0.907. The van der Waals surface area contributed by atoms with E-state index in [0.717, 1.165) is 34.5 Å². The van der Waals surface area contributed by atoms with Gasteiger partial charge in [0, 0.05) is 17.4 Å². The lowest BCUT2D eigenvalue weighted by atomic mass is 10.1. The topological polar surface area (TPSA) is 51.5 Å². The lowest BCUT2D eigenvalue weighted by Gasteiger charge is -2.11. The van der Waals surface area contributed by atoms with Crippen molar-refractivity contribution in [2.45, 2.75) is 27.0 Å². The highest BCUT2D eigenvalue weighted by Gasteiger charge is 2.14. The zero-order chi connectivity index (χ0) is 16.4. The number of carboxylic acid groups (broad SMARTS) is 1. The first-order chi connectivity index (χ1) is 11.1. The van der Waals surface area contributed by atoms with E-state index >= 15 is 0 Å². The molecule has 0 spiro atoms. The molecule has 1 aromatic heterocycles. The molecule has 0 saturated heterocycles. The summed E-state index contributed by atoms with van der Waals surface area (Å²) in [6, 6.07) is 15.2. The molecule has 0 amide bonds. The molecule has 0 bridgehead atoms. The van der Waals surface area contributed by atoms with Crippen molar-refractivity contribution >= 4 is 16.9 Å². The van der Waals surface area contributed by atoms with Gasteiger partial charge in [-0.1, -0.05) is 24.3 Å². The largest absolute Gasteiger partial charge is 0.487 e. The quantitative estimate of drug-likeness (QED) is 0.766. The Balaban J connectivity index is 1.99. The van der Waals surface area contributed by atoms with Gasteiger partial charge >= 0.3 is 5.97 Å². The molecule has 3 aromatic rings. The number of para-hydroxylation sites is 1. The maximum Gasteiger partial charge on any atom is 0.336 e. The van der Waals surface area contributed by atoms with E-state index in [0.29, 0.717) is 12.2 Å². The van der Waals surface area contributed by atoms with Gasteiger partial charge in [-0.05, 0) is 43.7 Å². The summed E-state index contributed by atoms with van der Waals surface area (Å²) in [6.45, 7) is 5.23. The van der Waals surface area contributed by atoms with E-state index in [9.17, 15) is 9.90 Å². The number of aryl methyl sites for hydroxylation is 2. The van der Waals surface area contributed by atoms with Crippen molar-refractivity contribution in [3.8, 4) is 5.75 Å². The van der Waals surface area contributed by atoms with E-state index in [2.05, 4.69) is 4.57 Å². The molecule has 4 heteroatoms. The molecule has 0 saturated carbocycles. The molecule has 118 valence electrons. The van der Waals surface area contributed by atoms with Crippen LogP contribution in [0.15, 0.2) is 48.5 Å². The number of hydrogen-bond donors (Lipinski definition) is 1. The maximum absolute atomic E-state index is 11.4. The molecule has 2 aromatic carbocycles. The van der Waals surface area contributed by atoms with Crippen LogP contribution in [0.3, 0.4) is 0 Å². The Labute approximate surface area is 134 Å². The molecular weight excluding hydrogens is 290 g/mol. The summed E-state index contributed by atoms with van der Waals surface area (Å²) in [5.74, 6) is -0.0610. The third-order valence-corrected chi connectivity index (χ3v) is 4.05. The Bertz CT molecular complexity index is 864. The van der Waals surface area contributed by atoms with Crippen LogP contribution >= 0.6 is 0 Å². The fraction of sp³-hybridized carbons (Fsp3) is 0.211. The number of nitrogens with zero attached hydrogens (tertiary/aromatic N) is 1. The average Bonchev–Trinajstić information content (AvgIpc) is 2.91. The second-order valence-corrected chi connectivity index (χ2v) is 5.48. The fourth-order valence-electron chi connectivity index (χ4n) is 2.89. The number of hydrogen-bond acceptors (Lipinski definition) is 2. The van der Waals surface area contributed by atoms with Crippen molar-refractivity contribution in [3.05, 3.63) is 65.4 Å². The summed E-state index contributed by atoms with van der Waals surface area (Å²) in [6.07, 6.45) is 0. The molecule has 0 atom stereocenters. The van der Waals surface area contributed by atoms with Gasteiger partial charge in [-0.15, -0.1) is 0 Å². The van der Waals surface area contributed by atoms with Gasteiger partial charge in [0.2, 0.25) is 0 Å². The van der Waals surface area contributed by atoms with Crippen LogP contribution in [0.25, 0.3) is 10.9 Å². The van der Waals surface area contributed by atoms with Crippen LogP contribution < -0.4 is 4.74 Å². The van der Waals surface area contributed by atoms with E-state index in [1.165, 1.54) is 0 Å². The van der Waals surface area contributed by atoms with Gasteiger partial charge < -0.3 is 14.4 Å². The van der Waals surface area contributed by atoms with Gasteiger partial charge in [0.05, 0.1) is 11.3 Å². The van der Waals surface area contributed by atoms with Gasteiger partial charge in [-0.25, -0.2) is 4.79 Å². The Kier molecular flexibility index (Phi) is 4.06. The monoisotopic (exact) mass is 309 g/mol. The van der Waals surface area contributed by atoms with Crippen molar-refractivity contribution in [2.75, 3.05) is 0 Å². The first-order valence-corrected chi connectivity index (χ1v) is 7.64. The lowest BCUT2D eigenvalue weighted by Crippen LogP contribution is -2.05. The Morgan fingerprint density at radius 2 is 1.96 bits per heavy atom. The van der Waals surface area contributed by atoms with Gasteiger partial charge in [0.15, 0.2) is 0 Å². The fourth-order valence-corrected chi connectivity index (χ4v) is 2.89. The highest BCUT2D eigenvalue weighted by atomic mass is 16.5. The number of fused-ring (bicyclic) bond motifs is 1. The zero-order valence-corrected chi connectivity index (χ0v) is 13.2. The minimum absolute atomic E-state index is 0.326. The average molecular weight is 309 g/mol. The zero-order valence-electron chi connectivity index (χ0n) is 13.2. The Morgan fingerprint density at radius 1 is 1.17 bits per heavy atom. The van der Waals surface area contributed by atoms with E-state index in [-0.39, 0.29) is 0 Å². The number of rotatable bonds is 5. The molecule has 0 aliphatic rings. The molecular formula is C19H19NO3. The summed E-state index contributed by atoms with van der Waals surface area (Å²) in [5, 5.41) is 10.1. The first kappa shape index (κ1) is 15.2. The highest BCUT2D eigenvalue weighted by Crippen LogP contribution is 2.25. The van der Waals surface area contributed by atoms with Crippen LogP contribution in [0.5, 0.6) is 5.75 Å². The van der Waals surface area contributed by atoms with Gasteiger partial charge in [-0.2, -0.15) is 0 Å². The van der Waals surface area contributed by atoms with Crippen LogP contribution in [0.1, 0.15) is 28.5 Å². The Morgan fingerprint density at radius 3 is 2.65 bits per heavy atom. The van der Waals surface area contributed by atoms with Crippen molar-refractivity contribution in [1.82, 2.24) is 4.57 Å². The van der Waals surface area contributed by atoms with Crippen molar-refractivity contribution in [1.29, 1.82) is 0 Å². The summed E-state index contributed by atoms with van der Waals surface area (Å²) >= 11 is 0. The normalized spacial score (nSPS) is 10.9. The summed E-state index contributed by atoms with van der Waals surface area (Å²) in [5.41, 5.74) is 3.31. The molecule has 23 heavy (non-hydrogen) atoms. The smallest absolute Gasteiger partial charge is 0.336 e. The van der Waals surface area contributed by atoms with Gasteiger partial charge in [0.1, 0.15) is 12.4 Å². The number of carbonyl (C=O) groups is 1. The van der Waals surface area contributed by atoms with Gasteiger partial charge in [-0.3, -0.25) is 0 Å². The molecule has 0 aliphatic heterocycles. The van der Waals surface area contributed by atoms with Gasteiger partial charge in [0.25, 0.3) is 0 Å². The van der Waals surface area contributed by atoms with Crippen LogP contribution in [0, 0.1) is 6.92 Å². The molecule has 3 rings (SSSR count). The number of benzene rings is 2. The standard InChI is InChI=1S/C19H19NO3/c1-3-20-14(12-23-18-10-5-4-7-13(18)2)11-16-15(19(21)22)8-6-9-17(16)20/h4-11H,3,12H2,1-2H3,(H,21,22). The van der Waals surface area contributed by atoms with Crippen LogP contribution in [0.2, 0.25) is 0 Å². The van der Waals surface area contributed by atoms with Crippen LogP contribution in [-0.2, 0) is 13.2 Å². The van der Waals surface area contributed by atoms with E-state index in [1.807, 2.05) is 50.2 Å². The Hall–Kier alpha value is -2.75. The third kappa shape index (κ3) is 2.80. The maximum atomic E-state index is 11.4. The second kappa shape index (κ2) is 6.16. The van der Waals surface area contributed by atoms with Crippen molar-refractivity contribution in [2.24, 2.45) is 0 Å². The molecule has 0 aliphatic carbocycles. The van der Waals surface area contributed by atoms with Crippen molar-refractivity contribution < 1.29 is 14.6 Å². The summed E-state index contributed by atoms with van der Waals surface area (Å²) in [4.78, 5) is 11.4. The third-order valence-electron chi connectivity index (χ3n) is 4.05. The predicted octanol–water partition coefficient (Wildman–Crippen LogP) is 4.25. The van der Waals surface area contributed by atoms with Crippen LogP contribution in [0.4, 0.5) is 0 Å². The molecule has 4 nitrogen and oxygen atoms in total. The number of aromatic nitrogens is 1. The molecule has 0 radical (unpaired) electrons. The highest BCUT2D eigenvalue weighted by molar-refractivity contribution is 6.03. The number of ether oxygens (including phenoxy) is 1. The number of carboxylic acids is 1. The molecule has 1 N–H and O–H groups in total. The van der Waals surface area contributed by atoms with E-state index in [1.54, 1.807) is 12.1 Å². The van der Waals surface area contributed by atoms with E-state index in [4.69, 9.17) is 4.74 Å². The summed E-state index contributed by atoms with van der Waals surface area (Å²) in [7, 11) is 0. The first-order valence-electron chi connectivity index (χ1n) is 7.64. The predicted molar refractivity (Wildman–Crippen MR) is 90.1 cm³/mol.